The van der Waals surface area contributed by atoms with E-state index >= 15 is 0 Å². The lowest BCUT2D eigenvalue weighted by atomic mass is 10.2. The number of hydrogen-bond acceptors (Lipinski definition) is 2. The summed E-state index contributed by atoms with van der Waals surface area (Å²) >= 11 is 3.21. The molecule has 0 N–H and O–H groups in total. The van der Waals surface area contributed by atoms with Crippen molar-refractivity contribution >= 4 is 15.9 Å². The molecule has 0 aliphatic carbocycles. The molecular weight excluding hydrogens is 237 g/mol. The van der Waals surface area contributed by atoms with Crippen LogP contribution in [0.3, 0.4) is 0 Å². The minimum atomic E-state index is -0.357. The van der Waals surface area contributed by atoms with E-state index in [1.165, 1.54) is 12.1 Å². The van der Waals surface area contributed by atoms with Gasteiger partial charge in [0.05, 0.1) is 0 Å². The first-order valence-corrected chi connectivity index (χ1v) is 4.73. The van der Waals surface area contributed by atoms with Gasteiger partial charge in [0.15, 0.2) is 6.61 Å². The minimum absolute atomic E-state index is 0.0643. The first-order chi connectivity index (χ1) is 6.26. The first-order valence-electron chi connectivity index (χ1n) is 3.61. The highest BCUT2D eigenvalue weighted by Crippen LogP contribution is 2.18. The van der Waals surface area contributed by atoms with E-state index in [9.17, 15) is 4.39 Å². The van der Waals surface area contributed by atoms with Crippen molar-refractivity contribution in [3.8, 4) is 11.8 Å². The summed E-state index contributed by atoms with van der Waals surface area (Å²) < 4.78 is 17.8. The van der Waals surface area contributed by atoms with E-state index < -0.39 is 0 Å². The monoisotopic (exact) mass is 243 g/mol. The summed E-state index contributed by atoms with van der Waals surface area (Å²) in [5.41, 5.74) is 0.785. The van der Waals surface area contributed by atoms with Gasteiger partial charge in [-0.05, 0) is 17.7 Å². The zero-order valence-electron chi connectivity index (χ0n) is 6.76. The lowest BCUT2D eigenvalue weighted by molar-refractivity contribution is 0.365. The zero-order valence-corrected chi connectivity index (χ0v) is 8.34. The largest absolute Gasteiger partial charge is 0.479 e. The van der Waals surface area contributed by atoms with Crippen LogP contribution in [0.5, 0.6) is 5.75 Å². The molecule has 68 valence electrons. The number of nitriles is 1. The van der Waals surface area contributed by atoms with Crippen LogP contribution in [0, 0.1) is 17.1 Å². The Hall–Kier alpha value is -1.08. The third-order valence-corrected chi connectivity index (χ3v) is 2.04. The molecule has 2 nitrogen and oxygen atoms in total. The number of rotatable bonds is 3. The molecule has 1 rings (SSSR count). The highest BCUT2D eigenvalue weighted by Gasteiger charge is 2.00. The molecular formula is C9H7BrFNO. The van der Waals surface area contributed by atoms with Gasteiger partial charge in [0, 0.05) is 11.4 Å². The summed E-state index contributed by atoms with van der Waals surface area (Å²) in [4.78, 5) is 0. The maximum Gasteiger partial charge on any atom is 0.174 e. The Morgan fingerprint density at radius 3 is 2.85 bits per heavy atom. The zero-order chi connectivity index (χ0) is 9.68. The van der Waals surface area contributed by atoms with Crippen LogP contribution in [0.2, 0.25) is 0 Å². The minimum Gasteiger partial charge on any atom is -0.479 e. The second-order valence-corrected chi connectivity index (χ2v) is 2.94. The Bertz CT molecular complexity index is 335. The molecule has 0 atom stereocenters. The molecule has 0 heterocycles. The number of hydrogen-bond donors (Lipinski definition) is 0. The van der Waals surface area contributed by atoms with E-state index in [-0.39, 0.29) is 12.4 Å². The summed E-state index contributed by atoms with van der Waals surface area (Å²) in [5, 5.41) is 8.81. The molecule has 0 amide bonds. The molecule has 0 saturated carbocycles. The summed E-state index contributed by atoms with van der Waals surface area (Å²) in [7, 11) is 0. The van der Waals surface area contributed by atoms with Gasteiger partial charge in [-0.3, -0.25) is 0 Å². The van der Waals surface area contributed by atoms with E-state index in [0.29, 0.717) is 11.1 Å². The van der Waals surface area contributed by atoms with Crippen LogP contribution in [0.15, 0.2) is 18.2 Å². The summed E-state index contributed by atoms with van der Waals surface area (Å²) in [6.45, 7) is -0.0643. The smallest absolute Gasteiger partial charge is 0.174 e. The number of benzene rings is 1. The topological polar surface area (TPSA) is 33.0 Å². The van der Waals surface area contributed by atoms with Gasteiger partial charge in [0.2, 0.25) is 0 Å². The third kappa shape index (κ3) is 3.03. The average molecular weight is 244 g/mol. The van der Waals surface area contributed by atoms with Gasteiger partial charge < -0.3 is 4.74 Å². The lowest BCUT2D eigenvalue weighted by Crippen LogP contribution is -1.94. The molecule has 4 heteroatoms. The maximum absolute atomic E-state index is 12.9. The SMILES string of the molecule is N#CCOc1cc(F)cc(CBr)c1. The molecule has 0 aliphatic rings. The highest BCUT2D eigenvalue weighted by molar-refractivity contribution is 9.08. The fourth-order valence-electron chi connectivity index (χ4n) is 0.897. The van der Waals surface area contributed by atoms with Crippen molar-refractivity contribution in [2.45, 2.75) is 5.33 Å². The van der Waals surface area contributed by atoms with Gasteiger partial charge in [-0.25, -0.2) is 4.39 Å². The number of ether oxygens (including phenoxy) is 1. The fourth-order valence-corrected chi connectivity index (χ4v) is 1.22. The predicted molar refractivity (Wildman–Crippen MR) is 50.1 cm³/mol. The van der Waals surface area contributed by atoms with Crippen molar-refractivity contribution in [3.63, 3.8) is 0 Å². The number of alkyl halides is 1. The van der Waals surface area contributed by atoms with Crippen LogP contribution >= 0.6 is 15.9 Å². The lowest BCUT2D eigenvalue weighted by Gasteiger charge is -2.03. The van der Waals surface area contributed by atoms with Gasteiger partial charge in [-0.1, -0.05) is 15.9 Å². The normalized spacial score (nSPS) is 9.31. The maximum atomic E-state index is 12.9. The Morgan fingerprint density at radius 2 is 2.23 bits per heavy atom. The summed E-state index contributed by atoms with van der Waals surface area (Å²) in [5.74, 6) is 0.0286. The molecule has 0 aliphatic heterocycles. The summed E-state index contributed by atoms with van der Waals surface area (Å²) in [6.07, 6.45) is 0. The first kappa shape index (κ1) is 10.0. The van der Waals surface area contributed by atoms with Crippen LogP contribution in [0.4, 0.5) is 4.39 Å². The third-order valence-electron chi connectivity index (χ3n) is 1.39. The van der Waals surface area contributed by atoms with Gasteiger partial charge in [-0.2, -0.15) is 5.26 Å². The number of halogens is 2. The van der Waals surface area contributed by atoms with E-state index in [2.05, 4.69) is 15.9 Å². The van der Waals surface area contributed by atoms with E-state index in [0.717, 1.165) is 5.56 Å². The quantitative estimate of drug-likeness (QED) is 0.765. The Morgan fingerprint density at radius 1 is 1.46 bits per heavy atom. The molecule has 0 spiro atoms. The van der Waals surface area contributed by atoms with Gasteiger partial charge in [-0.15, -0.1) is 0 Å². The standard InChI is InChI=1S/C9H7BrFNO/c10-6-7-3-8(11)5-9(4-7)13-2-1-12/h3-5H,2,6H2. The molecule has 1 aromatic rings. The van der Waals surface area contributed by atoms with Crippen LogP contribution in [0.25, 0.3) is 0 Å². The van der Waals surface area contributed by atoms with Crippen molar-refractivity contribution in [1.82, 2.24) is 0 Å². The van der Waals surface area contributed by atoms with E-state index in [1.807, 2.05) is 6.07 Å². The number of nitrogens with zero attached hydrogens (tertiary/aromatic N) is 1. The van der Waals surface area contributed by atoms with Crippen LogP contribution < -0.4 is 4.74 Å². The van der Waals surface area contributed by atoms with Crippen molar-refractivity contribution in [2.75, 3.05) is 6.61 Å². The average Bonchev–Trinajstić information content (AvgIpc) is 2.14. The van der Waals surface area contributed by atoms with Crippen molar-refractivity contribution in [3.05, 3.63) is 29.6 Å². The van der Waals surface area contributed by atoms with E-state index in [4.69, 9.17) is 10.00 Å². The highest BCUT2D eigenvalue weighted by atomic mass is 79.9. The van der Waals surface area contributed by atoms with E-state index in [1.54, 1.807) is 6.07 Å². The van der Waals surface area contributed by atoms with Crippen LogP contribution in [0.1, 0.15) is 5.56 Å². The Kier molecular flexibility index (Phi) is 3.71. The van der Waals surface area contributed by atoms with Gasteiger partial charge in [0.25, 0.3) is 0 Å². The molecule has 13 heavy (non-hydrogen) atoms. The summed E-state index contributed by atoms with van der Waals surface area (Å²) in [6, 6.07) is 6.17. The van der Waals surface area contributed by atoms with Crippen molar-refractivity contribution < 1.29 is 9.13 Å². The second kappa shape index (κ2) is 4.83. The van der Waals surface area contributed by atoms with Gasteiger partial charge >= 0.3 is 0 Å². The fraction of sp³-hybridized carbons (Fsp3) is 0.222. The van der Waals surface area contributed by atoms with Crippen molar-refractivity contribution in [2.24, 2.45) is 0 Å². The molecule has 0 radical (unpaired) electrons. The molecule has 1 aromatic carbocycles. The molecule has 0 bridgehead atoms. The van der Waals surface area contributed by atoms with Crippen molar-refractivity contribution in [1.29, 1.82) is 5.26 Å². The molecule has 0 unspecified atom stereocenters. The molecule has 0 fully saturated rings. The van der Waals surface area contributed by atoms with Crippen LogP contribution in [-0.4, -0.2) is 6.61 Å². The van der Waals surface area contributed by atoms with Crippen LogP contribution in [-0.2, 0) is 5.33 Å². The Balaban J connectivity index is 2.83. The molecule has 0 aromatic heterocycles. The van der Waals surface area contributed by atoms with Gasteiger partial charge in [0.1, 0.15) is 17.6 Å². The Labute approximate surface area is 84.1 Å². The molecule has 0 saturated heterocycles. The second-order valence-electron chi connectivity index (χ2n) is 2.38. The predicted octanol–water partition coefficient (Wildman–Crippen LogP) is 2.62.